The summed E-state index contributed by atoms with van der Waals surface area (Å²) in [6.45, 7) is -0.806. The number of aliphatic hydroxyl groups excluding tert-OH is 9. The lowest BCUT2D eigenvalue weighted by molar-refractivity contribution is -0.376. The molecule has 436 valence electrons. The molecule has 3 saturated heterocycles. The second-order valence-corrected chi connectivity index (χ2v) is 19.9. The average molecular weight is 1120 g/mol. The van der Waals surface area contributed by atoms with Crippen molar-refractivity contribution in [1.82, 2.24) is 26.2 Å². The molecular formula is C52H71N5O22. The third-order valence-electron chi connectivity index (χ3n) is 14.4. The second-order valence-electron chi connectivity index (χ2n) is 19.9. The molecule has 2 aromatic rings. The van der Waals surface area contributed by atoms with E-state index in [2.05, 4.69) is 21.3 Å². The number of ether oxygens (including phenoxy) is 7. The number of nitrogens with one attached hydrogen (secondary N) is 4. The molecule has 0 radical (unpaired) electrons. The van der Waals surface area contributed by atoms with Gasteiger partial charge in [0.25, 0.3) is 23.6 Å². The van der Waals surface area contributed by atoms with Gasteiger partial charge in [-0.05, 0) is 73.4 Å². The van der Waals surface area contributed by atoms with Gasteiger partial charge in [-0.15, -0.1) is 0 Å². The van der Waals surface area contributed by atoms with Gasteiger partial charge in [0.1, 0.15) is 78.9 Å². The second kappa shape index (κ2) is 28.7. The molecule has 27 heteroatoms. The van der Waals surface area contributed by atoms with Crippen molar-refractivity contribution in [2.45, 2.75) is 131 Å². The summed E-state index contributed by atoms with van der Waals surface area (Å²) in [4.78, 5) is 75.9. The summed E-state index contributed by atoms with van der Waals surface area (Å²) in [6.07, 6.45) is -18.3. The summed E-state index contributed by atoms with van der Waals surface area (Å²) in [6, 6.07) is 12.5. The molecule has 0 unspecified atom stereocenters. The van der Waals surface area contributed by atoms with Crippen molar-refractivity contribution < 1.29 is 108 Å². The van der Waals surface area contributed by atoms with Gasteiger partial charge in [0, 0.05) is 56.7 Å². The van der Waals surface area contributed by atoms with Crippen LogP contribution in [-0.4, -0.2) is 238 Å². The molecule has 0 bridgehead atoms. The maximum absolute atomic E-state index is 13.0. The fourth-order valence-corrected chi connectivity index (χ4v) is 9.95. The van der Waals surface area contributed by atoms with Crippen LogP contribution < -0.4 is 26.0 Å². The molecule has 0 spiro atoms. The molecule has 7 rings (SSSR count). The molecule has 1 aliphatic carbocycles. The average Bonchev–Trinajstić information content (AvgIpc) is 3.81. The summed E-state index contributed by atoms with van der Waals surface area (Å²) in [7, 11) is 0. The van der Waals surface area contributed by atoms with Crippen LogP contribution in [0.25, 0.3) is 11.1 Å². The van der Waals surface area contributed by atoms with E-state index in [1.165, 1.54) is 17.1 Å². The summed E-state index contributed by atoms with van der Waals surface area (Å²) in [5.41, 5.74) is 1.94. The zero-order valence-corrected chi connectivity index (χ0v) is 43.3. The minimum absolute atomic E-state index is 0.0870. The lowest BCUT2D eigenvalue weighted by atomic mass is 9.81. The molecular weight excluding hydrogens is 1050 g/mol. The normalized spacial score (nSPS) is 32.8. The predicted octanol–water partition coefficient (Wildman–Crippen LogP) is -4.58. The number of carbonyl (C=O) groups excluding carboxylic acids is 6. The van der Waals surface area contributed by atoms with Gasteiger partial charge < -0.3 is 100 Å². The van der Waals surface area contributed by atoms with Crippen LogP contribution in [0.3, 0.4) is 0 Å². The summed E-state index contributed by atoms with van der Waals surface area (Å²) < 4.78 is 39.8. The minimum Gasteiger partial charge on any atom is -0.484 e. The number of imide groups is 1. The van der Waals surface area contributed by atoms with E-state index < -0.39 is 124 Å². The summed E-state index contributed by atoms with van der Waals surface area (Å²) >= 11 is 0. The van der Waals surface area contributed by atoms with Crippen LogP contribution >= 0.6 is 0 Å². The zero-order valence-electron chi connectivity index (χ0n) is 43.3. The SMILES string of the molecule is CC(=O)N[C@H]1[C@H](OCCCNC(=O)COc2ccc(-c3cccc(C(=O)NCCNC(=O)C4CCC(CN5C(=O)C=CC5=O)CC4)c3)cc2)O[C@H](CO)[C@@H](O[C@@H]2O[C@H](CO)[C@H](O)[C@H](O[C@H]3O[C@H](CO)[C@H](O)[C@H](O)[C@H]3O)[C@H]2O)[C@@H]1O. The number of amides is 6. The standard InChI is InChI=1S/C52H71N5O22/c1-26(61)56-39-42(67)46(78-52-45(70)47(41(66)34(23-59)76-52)79-51-44(69)43(68)40(65)33(22-58)75-51)35(24-60)77-50(39)73-19-3-16-53-36(62)25-74-32-12-10-28(11-13-32)30-4-2-5-31(20-30)49(72)55-18-17-54-48(71)29-8-6-27(7-9-29)21-57-37(63)14-15-38(57)64/h2,4-5,10-15,20,27,29,33-35,39-47,50-52,58-60,65-70H,3,6-9,16-19,21-25H2,1H3,(H,53,62)(H,54,71)(H,55,72)(H,56,61)/t27?,29?,33-,34-,35-,39-,40+,41+,42-,43+,44-,45-,46-,47+,50-,51-,52+/m1/s1. The molecule has 27 nitrogen and oxygen atoms in total. The molecule has 6 amide bonds. The quantitative estimate of drug-likeness (QED) is 0.0348. The van der Waals surface area contributed by atoms with E-state index in [-0.39, 0.29) is 74.7 Å². The summed E-state index contributed by atoms with van der Waals surface area (Å²) in [5.74, 6) is -1.73. The molecule has 0 aromatic heterocycles. The Morgan fingerprint density at radius 2 is 1.27 bits per heavy atom. The van der Waals surface area contributed by atoms with Gasteiger partial charge in [0.05, 0.1) is 26.4 Å². The van der Waals surface area contributed by atoms with E-state index in [0.29, 0.717) is 30.7 Å². The first-order valence-corrected chi connectivity index (χ1v) is 26.2. The number of aliphatic hydroxyl groups is 9. The van der Waals surface area contributed by atoms with Crippen molar-refractivity contribution in [3.05, 3.63) is 66.2 Å². The van der Waals surface area contributed by atoms with Gasteiger partial charge in [0.2, 0.25) is 11.8 Å². The van der Waals surface area contributed by atoms with Crippen LogP contribution in [0.2, 0.25) is 0 Å². The third kappa shape index (κ3) is 15.7. The highest BCUT2D eigenvalue weighted by Gasteiger charge is 2.54. The fourth-order valence-electron chi connectivity index (χ4n) is 9.95. The highest BCUT2D eigenvalue weighted by Crippen LogP contribution is 2.34. The van der Waals surface area contributed by atoms with Crippen LogP contribution in [0.5, 0.6) is 5.75 Å². The van der Waals surface area contributed by atoms with Crippen LogP contribution in [-0.2, 0) is 52.4 Å². The van der Waals surface area contributed by atoms with Gasteiger partial charge >= 0.3 is 0 Å². The van der Waals surface area contributed by atoms with Gasteiger partial charge in [-0.1, -0.05) is 24.3 Å². The Morgan fingerprint density at radius 3 is 1.92 bits per heavy atom. The Hall–Kier alpha value is -5.60. The van der Waals surface area contributed by atoms with Gasteiger partial charge in [-0.25, -0.2) is 0 Å². The van der Waals surface area contributed by atoms with E-state index in [4.69, 9.17) is 33.2 Å². The predicted molar refractivity (Wildman–Crippen MR) is 268 cm³/mol. The maximum atomic E-state index is 13.0. The van der Waals surface area contributed by atoms with E-state index in [1.807, 2.05) is 6.07 Å². The molecule has 4 aliphatic heterocycles. The smallest absolute Gasteiger partial charge is 0.257 e. The van der Waals surface area contributed by atoms with E-state index in [0.717, 1.165) is 30.9 Å². The number of carbonyl (C=O) groups is 6. The molecule has 5 aliphatic rings. The van der Waals surface area contributed by atoms with Crippen LogP contribution in [0.4, 0.5) is 0 Å². The number of rotatable bonds is 24. The fraction of sp³-hybridized carbons (Fsp3) is 0.615. The number of benzene rings is 2. The van der Waals surface area contributed by atoms with Crippen molar-refractivity contribution in [2.24, 2.45) is 11.8 Å². The lowest BCUT2D eigenvalue weighted by Crippen LogP contribution is -2.68. The highest BCUT2D eigenvalue weighted by atomic mass is 16.8. The van der Waals surface area contributed by atoms with Crippen molar-refractivity contribution >= 4 is 35.4 Å². The number of hydrogen-bond acceptors (Lipinski definition) is 22. The Balaban J connectivity index is 0.810. The molecule has 4 heterocycles. The molecule has 1 saturated carbocycles. The number of nitrogens with zero attached hydrogens (tertiary/aromatic N) is 1. The highest BCUT2D eigenvalue weighted by molar-refractivity contribution is 6.12. The molecule has 4 fully saturated rings. The largest absolute Gasteiger partial charge is 0.484 e. The molecule has 2 aromatic carbocycles. The first-order valence-electron chi connectivity index (χ1n) is 26.2. The number of hydrogen-bond donors (Lipinski definition) is 13. The zero-order chi connectivity index (χ0) is 56.9. The minimum atomic E-state index is -1.98. The maximum Gasteiger partial charge on any atom is 0.257 e. The Kier molecular flexibility index (Phi) is 22.2. The Bertz CT molecular complexity index is 2390. The molecule has 79 heavy (non-hydrogen) atoms. The van der Waals surface area contributed by atoms with Crippen molar-refractivity contribution in [3.63, 3.8) is 0 Å². The van der Waals surface area contributed by atoms with E-state index in [1.54, 1.807) is 42.5 Å². The van der Waals surface area contributed by atoms with Gasteiger partial charge in [-0.2, -0.15) is 0 Å². The Morgan fingerprint density at radius 1 is 0.646 bits per heavy atom. The van der Waals surface area contributed by atoms with Gasteiger partial charge in [-0.3, -0.25) is 33.7 Å². The van der Waals surface area contributed by atoms with Crippen molar-refractivity contribution in [3.8, 4) is 16.9 Å². The first-order chi connectivity index (χ1) is 37.9. The lowest BCUT2D eigenvalue weighted by Gasteiger charge is -2.48. The topological polar surface area (TPSA) is 400 Å². The van der Waals surface area contributed by atoms with Crippen molar-refractivity contribution in [1.29, 1.82) is 0 Å². The first kappa shape index (κ1) is 61.0. The monoisotopic (exact) mass is 1120 g/mol. The Labute approximate surface area is 453 Å². The van der Waals surface area contributed by atoms with Crippen LogP contribution in [0, 0.1) is 11.8 Å². The van der Waals surface area contributed by atoms with Crippen LogP contribution in [0.1, 0.15) is 49.4 Å². The van der Waals surface area contributed by atoms with E-state index in [9.17, 15) is 74.7 Å². The van der Waals surface area contributed by atoms with Gasteiger partial charge in [0.15, 0.2) is 25.5 Å². The molecule has 15 atom stereocenters. The van der Waals surface area contributed by atoms with Crippen LogP contribution in [0.15, 0.2) is 60.7 Å². The third-order valence-corrected chi connectivity index (χ3v) is 14.4. The summed E-state index contributed by atoms with van der Waals surface area (Å²) in [5, 5.41) is 105. The van der Waals surface area contributed by atoms with E-state index >= 15 is 0 Å². The molecule has 13 N–H and O–H groups in total. The van der Waals surface area contributed by atoms with Crippen molar-refractivity contribution in [2.75, 3.05) is 59.2 Å².